The van der Waals surface area contributed by atoms with E-state index in [1.807, 2.05) is 70.3 Å². The molecule has 163 valence electrons. The zero-order valence-electron chi connectivity index (χ0n) is 17.5. The number of unbranched alkanes of at least 4 members (excludes halogenated alkanes) is 1. The largest absolute Gasteiger partial charge is 0.334 e. The van der Waals surface area contributed by atoms with Crippen LogP contribution >= 0.6 is 22.7 Å². The zero-order valence-corrected chi connectivity index (χ0v) is 19.1. The van der Waals surface area contributed by atoms with E-state index in [4.69, 9.17) is 0 Å². The van der Waals surface area contributed by atoms with Crippen LogP contribution in [-0.2, 0) is 24.4 Å². The predicted octanol–water partition coefficient (Wildman–Crippen LogP) is 5.21. The molecule has 2 heterocycles. The monoisotopic (exact) mass is 454 g/mol. The van der Waals surface area contributed by atoms with Crippen molar-refractivity contribution in [1.29, 1.82) is 0 Å². The second kappa shape index (κ2) is 12.3. The topological polar surface area (TPSA) is 61.4 Å². The lowest BCUT2D eigenvalue weighted by Gasteiger charge is -2.27. The first-order valence-corrected chi connectivity index (χ1v) is 12.1. The molecule has 31 heavy (non-hydrogen) atoms. The third kappa shape index (κ3) is 7.52. The van der Waals surface area contributed by atoms with Crippen molar-refractivity contribution in [2.45, 2.75) is 44.9 Å². The fourth-order valence-electron chi connectivity index (χ4n) is 3.21. The number of nitrogens with zero attached hydrogens (tertiary/aromatic N) is 1. The minimum absolute atomic E-state index is 0.0647. The molecule has 0 spiro atoms. The van der Waals surface area contributed by atoms with E-state index >= 15 is 0 Å². The molecule has 1 aromatic carbocycles. The molecule has 2 aromatic heterocycles. The molecule has 0 unspecified atom stereocenters. The molecule has 3 rings (SSSR count). The molecule has 0 saturated carbocycles. The highest BCUT2D eigenvalue weighted by Gasteiger charge is 2.26. The summed E-state index contributed by atoms with van der Waals surface area (Å²) in [5.41, 5.74) is 1.01. The van der Waals surface area contributed by atoms with Gasteiger partial charge >= 0.3 is 6.03 Å². The maximum Gasteiger partial charge on any atom is 0.315 e. The highest BCUT2D eigenvalue weighted by Crippen LogP contribution is 2.19. The molecule has 0 aliphatic carbocycles. The minimum atomic E-state index is -0.586. The molecule has 1 radical (unpaired) electrons. The van der Waals surface area contributed by atoms with Crippen LogP contribution in [0, 0.1) is 6.92 Å². The van der Waals surface area contributed by atoms with E-state index in [9.17, 15) is 9.59 Å². The van der Waals surface area contributed by atoms with Gasteiger partial charge in [0.05, 0.1) is 13.1 Å². The summed E-state index contributed by atoms with van der Waals surface area (Å²) >= 11 is 3.26. The van der Waals surface area contributed by atoms with Crippen molar-refractivity contribution in [2.24, 2.45) is 0 Å². The summed E-state index contributed by atoms with van der Waals surface area (Å²) in [6, 6.07) is 16.8. The van der Waals surface area contributed by atoms with Gasteiger partial charge in [-0.3, -0.25) is 4.79 Å². The SMILES string of the molecule is [CH2]CCC[C@H](NC(=O)NCc1ccccc1)C(=O)N(Cc1cccs1)Cc1cccs1. The van der Waals surface area contributed by atoms with Crippen LogP contribution in [0.3, 0.4) is 0 Å². The van der Waals surface area contributed by atoms with E-state index in [1.165, 1.54) is 0 Å². The lowest BCUT2D eigenvalue weighted by molar-refractivity contribution is -0.134. The van der Waals surface area contributed by atoms with Gasteiger partial charge in [-0.05, 0) is 34.9 Å². The summed E-state index contributed by atoms with van der Waals surface area (Å²) in [4.78, 5) is 30.1. The van der Waals surface area contributed by atoms with Crippen molar-refractivity contribution in [3.8, 4) is 0 Å². The van der Waals surface area contributed by atoms with E-state index in [2.05, 4.69) is 17.6 Å². The Kier molecular flexibility index (Phi) is 9.12. The van der Waals surface area contributed by atoms with Crippen LogP contribution in [0.15, 0.2) is 65.4 Å². The normalized spacial score (nSPS) is 11.6. The van der Waals surface area contributed by atoms with E-state index in [-0.39, 0.29) is 11.9 Å². The lowest BCUT2D eigenvalue weighted by Crippen LogP contribution is -2.50. The van der Waals surface area contributed by atoms with Gasteiger partial charge in [-0.2, -0.15) is 0 Å². The minimum Gasteiger partial charge on any atom is -0.334 e. The molecule has 5 nitrogen and oxygen atoms in total. The molecule has 2 N–H and O–H groups in total. The molecule has 0 bridgehead atoms. The van der Waals surface area contributed by atoms with Crippen molar-refractivity contribution >= 4 is 34.6 Å². The summed E-state index contributed by atoms with van der Waals surface area (Å²) in [6.07, 6.45) is 2.04. The van der Waals surface area contributed by atoms with Gasteiger partial charge in [-0.15, -0.1) is 22.7 Å². The van der Waals surface area contributed by atoms with Gasteiger partial charge in [-0.25, -0.2) is 4.79 Å². The maximum atomic E-state index is 13.5. The summed E-state index contributed by atoms with van der Waals surface area (Å²) in [5.74, 6) is -0.0647. The molecular weight excluding hydrogens is 426 g/mol. The van der Waals surface area contributed by atoms with Crippen LogP contribution < -0.4 is 10.6 Å². The van der Waals surface area contributed by atoms with Gasteiger partial charge in [0.1, 0.15) is 6.04 Å². The number of carbonyl (C=O) groups excluding carboxylic acids is 2. The van der Waals surface area contributed by atoms with E-state index in [0.29, 0.717) is 32.5 Å². The highest BCUT2D eigenvalue weighted by molar-refractivity contribution is 7.10. The first-order chi connectivity index (χ1) is 15.2. The first-order valence-electron chi connectivity index (χ1n) is 10.4. The quantitative estimate of drug-likeness (QED) is 0.418. The number of amides is 3. The van der Waals surface area contributed by atoms with Crippen molar-refractivity contribution in [2.75, 3.05) is 0 Å². The summed E-state index contributed by atoms with van der Waals surface area (Å²) in [5, 5.41) is 9.78. The number of nitrogens with one attached hydrogen (secondary N) is 2. The Hall–Kier alpha value is -2.64. The van der Waals surface area contributed by atoms with Crippen LogP contribution in [0.2, 0.25) is 0 Å². The van der Waals surface area contributed by atoms with E-state index < -0.39 is 6.04 Å². The standard InChI is InChI=1S/C24H28N3O2S2/c1-2-3-13-22(26-24(29)25-16-19-9-5-4-6-10-19)23(28)27(17-20-11-7-14-30-20)18-21-12-8-15-31-21/h4-12,14-15,22H,1-3,13,16-18H2,(H2,25,26,29)/t22-/m0/s1. The van der Waals surface area contributed by atoms with Crippen LogP contribution in [0.1, 0.15) is 34.6 Å². The van der Waals surface area contributed by atoms with Crippen molar-refractivity contribution in [3.05, 3.63) is 87.6 Å². The highest BCUT2D eigenvalue weighted by atomic mass is 32.1. The van der Waals surface area contributed by atoms with Crippen LogP contribution in [-0.4, -0.2) is 22.9 Å². The van der Waals surface area contributed by atoms with Gasteiger partial charge in [0.2, 0.25) is 5.91 Å². The van der Waals surface area contributed by atoms with Crippen molar-refractivity contribution in [1.82, 2.24) is 15.5 Å². The van der Waals surface area contributed by atoms with Crippen molar-refractivity contribution in [3.63, 3.8) is 0 Å². The third-order valence-corrected chi connectivity index (χ3v) is 6.53. The van der Waals surface area contributed by atoms with Gasteiger partial charge in [0.15, 0.2) is 0 Å². The molecule has 3 amide bonds. The maximum absolute atomic E-state index is 13.5. The Bertz CT molecular complexity index is 875. The van der Waals surface area contributed by atoms with Gasteiger partial charge in [-0.1, -0.05) is 62.2 Å². The summed E-state index contributed by atoms with van der Waals surface area (Å²) in [7, 11) is 0. The Balaban J connectivity index is 1.67. The van der Waals surface area contributed by atoms with Gasteiger partial charge in [0, 0.05) is 16.3 Å². The number of benzene rings is 1. The van der Waals surface area contributed by atoms with Gasteiger partial charge < -0.3 is 15.5 Å². The predicted molar refractivity (Wildman–Crippen MR) is 128 cm³/mol. The number of urea groups is 1. The van der Waals surface area contributed by atoms with Crippen LogP contribution in [0.5, 0.6) is 0 Å². The Morgan fingerprint density at radius 3 is 2.13 bits per heavy atom. The number of rotatable bonds is 11. The van der Waals surface area contributed by atoms with Crippen molar-refractivity contribution < 1.29 is 9.59 Å². The molecule has 0 fully saturated rings. The van der Waals surface area contributed by atoms with E-state index in [1.54, 1.807) is 22.7 Å². The second-order valence-electron chi connectivity index (χ2n) is 7.21. The molecule has 0 aliphatic rings. The summed E-state index contributed by atoms with van der Waals surface area (Å²) < 4.78 is 0. The number of hydrogen-bond acceptors (Lipinski definition) is 4. The fraction of sp³-hybridized carbons (Fsp3) is 0.292. The number of hydrogen-bond donors (Lipinski definition) is 2. The number of thiophene rings is 2. The summed E-state index contributed by atoms with van der Waals surface area (Å²) in [6.45, 7) is 5.36. The number of carbonyl (C=O) groups is 2. The molecule has 0 aliphatic heterocycles. The Morgan fingerprint density at radius 2 is 1.58 bits per heavy atom. The lowest BCUT2D eigenvalue weighted by atomic mass is 10.1. The fourth-order valence-corrected chi connectivity index (χ4v) is 4.65. The molecule has 0 saturated heterocycles. The first kappa shape index (κ1) is 23.0. The smallest absolute Gasteiger partial charge is 0.315 e. The Morgan fingerprint density at radius 1 is 0.935 bits per heavy atom. The molecule has 7 heteroatoms. The molecule has 1 atom stereocenters. The van der Waals surface area contributed by atoms with Crippen LogP contribution in [0.4, 0.5) is 4.79 Å². The van der Waals surface area contributed by atoms with Crippen LogP contribution in [0.25, 0.3) is 0 Å². The molecule has 3 aromatic rings. The average molecular weight is 455 g/mol. The van der Waals surface area contributed by atoms with E-state index in [0.717, 1.165) is 21.7 Å². The second-order valence-corrected chi connectivity index (χ2v) is 9.28. The van der Waals surface area contributed by atoms with Gasteiger partial charge in [0.25, 0.3) is 0 Å². The molecular formula is C24H28N3O2S2. The average Bonchev–Trinajstić information content (AvgIpc) is 3.49. The Labute approximate surface area is 192 Å². The zero-order chi connectivity index (χ0) is 21.9. The third-order valence-electron chi connectivity index (χ3n) is 4.81.